The third-order valence-electron chi connectivity index (χ3n) is 3.41. The smallest absolute Gasteiger partial charge is 0.134 e. The number of hydrogen-bond donors (Lipinski definition) is 2. The maximum atomic E-state index is 4.32. The molecule has 94 valence electrons. The van der Waals surface area contributed by atoms with E-state index in [0.717, 1.165) is 36.7 Å². The number of aromatic nitrogens is 2. The summed E-state index contributed by atoms with van der Waals surface area (Å²) >= 11 is 0. The summed E-state index contributed by atoms with van der Waals surface area (Å²) in [7, 11) is 0. The molecule has 0 amide bonds. The lowest BCUT2D eigenvalue weighted by Gasteiger charge is -2.14. The van der Waals surface area contributed by atoms with Crippen molar-refractivity contribution in [2.24, 2.45) is 5.41 Å². The predicted molar refractivity (Wildman–Crippen MR) is 71.4 cm³/mol. The van der Waals surface area contributed by atoms with Crippen molar-refractivity contribution < 1.29 is 0 Å². The van der Waals surface area contributed by atoms with Crippen molar-refractivity contribution in [3.05, 3.63) is 11.9 Å². The zero-order valence-corrected chi connectivity index (χ0v) is 11.0. The predicted octanol–water partition coefficient (Wildman–Crippen LogP) is 2.82. The molecule has 4 nitrogen and oxygen atoms in total. The van der Waals surface area contributed by atoms with E-state index in [1.807, 2.05) is 0 Å². The first kappa shape index (κ1) is 12.1. The van der Waals surface area contributed by atoms with E-state index in [2.05, 4.69) is 41.4 Å². The molecular formula is C13H22N4. The van der Waals surface area contributed by atoms with E-state index < -0.39 is 0 Å². The quantitative estimate of drug-likeness (QED) is 0.794. The van der Waals surface area contributed by atoms with E-state index >= 15 is 0 Å². The summed E-state index contributed by atoms with van der Waals surface area (Å²) in [6.45, 7) is 8.49. The molecule has 1 aliphatic rings. The summed E-state index contributed by atoms with van der Waals surface area (Å²) < 4.78 is 0. The van der Waals surface area contributed by atoms with Crippen LogP contribution in [0.3, 0.4) is 0 Å². The normalized spacial score (nSPS) is 16.6. The molecule has 2 N–H and O–H groups in total. The molecule has 1 fully saturated rings. The lowest BCUT2D eigenvalue weighted by Crippen LogP contribution is -2.15. The summed E-state index contributed by atoms with van der Waals surface area (Å²) in [6, 6.07) is 0. The van der Waals surface area contributed by atoms with E-state index in [4.69, 9.17) is 0 Å². The molecule has 0 atom stereocenters. The maximum absolute atomic E-state index is 4.32. The first-order chi connectivity index (χ1) is 8.14. The average Bonchev–Trinajstić information content (AvgIpc) is 3.05. The fraction of sp³-hybridized carbons (Fsp3) is 0.692. The molecular weight excluding hydrogens is 212 g/mol. The maximum Gasteiger partial charge on any atom is 0.134 e. The molecule has 0 bridgehead atoms. The summed E-state index contributed by atoms with van der Waals surface area (Å²) in [5.74, 6) is 1.91. The van der Waals surface area contributed by atoms with Gasteiger partial charge in [0.05, 0.1) is 0 Å². The molecule has 0 radical (unpaired) electrons. The molecule has 1 aromatic heterocycles. The van der Waals surface area contributed by atoms with Gasteiger partial charge in [-0.05, 0) is 31.6 Å². The van der Waals surface area contributed by atoms with Crippen molar-refractivity contribution >= 4 is 11.6 Å². The van der Waals surface area contributed by atoms with E-state index in [0.29, 0.717) is 5.41 Å². The van der Waals surface area contributed by atoms with Crippen LogP contribution in [0, 0.1) is 12.3 Å². The van der Waals surface area contributed by atoms with Crippen LogP contribution in [0.15, 0.2) is 6.33 Å². The van der Waals surface area contributed by atoms with E-state index in [1.165, 1.54) is 12.8 Å². The van der Waals surface area contributed by atoms with Gasteiger partial charge in [-0.15, -0.1) is 0 Å². The van der Waals surface area contributed by atoms with Crippen molar-refractivity contribution in [1.29, 1.82) is 0 Å². The van der Waals surface area contributed by atoms with Gasteiger partial charge in [0.15, 0.2) is 0 Å². The van der Waals surface area contributed by atoms with Gasteiger partial charge in [-0.3, -0.25) is 0 Å². The van der Waals surface area contributed by atoms with Crippen molar-refractivity contribution in [1.82, 2.24) is 9.97 Å². The van der Waals surface area contributed by atoms with Crippen LogP contribution in [0.25, 0.3) is 0 Å². The first-order valence-corrected chi connectivity index (χ1v) is 6.44. The highest BCUT2D eigenvalue weighted by molar-refractivity contribution is 5.56. The third-order valence-corrected chi connectivity index (χ3v) is 3.41. The lowest BCUT2D eigenvalue weighted by molar-refractivity contribution is 0.609. The molecule has 0 spiro atoms. The van der Waals surface area contributed by atoms with Crippen molar-refractivity contribution in [2.45, 2.75) is 40.0 Å². The summed E-state index contributed by atoms with van der Waals surface area (Å²) in [5, 5.41) is 6.77. The summed E-state index contributed by atoms with van der Waals surface area (Å²) in [6.07, 6.45) is 5.38. The first-order valence-electron chi connectivity index (χ1n) is 6.44. The molecule has 0 saturated heterocycles. The van der Waals surface area contributed by atoms with Gasteiger partial charge in [-0.25, -0.2) is 9.97 Å². The molecule has 1 aliphatic carbocycles. The Bertz CT molecular complexity index is 385. The standard InChI is InChI=1S/C13H22N4/c1-4-7-14-11-10(2)12(17-9-16-11)15-8-13(3)5-6-13/h9H,4-8H2,1-3H3,(H2,14,15,16,17). The van der Waals surface area contributed by atoms with Gasteiger partial charge in [-0.1, -0.05) is 13.8 Å². The molecule has 1 heterocycles. The Morgan fingerprint density at radius 2 is 1.88 bits per heavy atom. The van der Waals surface area contributed by atoms with E-state index in [-0.39, 0.29) is 0 Å². The van der Waals surface area contributed by atoms with Gasteiger partial charge in [0.2, 0.25) is 0 Å². The van der Waals surface area contributed by atoms with Crippen LogP contribution >= 0.6 is 0 Å². The highest BCUT2D eigenvalue weighted by Gasteiger charge is 2.36. The third kappa shape index (κ3) is 3.08. The lowest BCUT2D eigenvalue weighted by atomic mass is 10.1. The number of hydrogen-bond acceptors (Lipinski definition) is 4. The second-order valence-electron chi connectivity index (χ2n) is 5.29. The van der Waals surface area contributed by atoms with Crippen molar-refractivity contribution in [3.63, 3.8) is 0 Å². The zero-order valence-electron chi connectivity index (χ0n) is 11.0. The fourth-order valence-corrected chi connectivity index (χ4v) is 1.74. The van der Waals surface area contributed by atoms with Crippen molar-refractivity contribution in [3.8, 4) is 0 Å². The highest BCUT2D eigenvalue weighted by atomic mass is 15.1. The number of anilines is 2. The molecule has 1 saturated carbocycles. The largest absolute Gasteiger partial charge is 0.370 e. The van der Waals surface area contributed by atoms with Gasteiger partial charge < -0.3 is 10.6 Å². The fourth-order valence-electron chi connectivity index (χ4n) is 1.74. The van der Waals surface area contributed by atoms with Gasteiger partial charge >= 0.3 is 0 Å². The Labute approximate surface area is 103 Å². The van der Waals surface area contributed by atoms with Crippen LogP contribution in [-0.4, -0.2) is 23.1 Å². The monoisotopic (exact) mass is 234 g/mol. The molecule has 0 unspecified atom stereocenters. The number of nitrogens with zero attached hydrogens (tertiary/aromatic N) is 2. The van der Waals surface area contributed by atoms with Gasteiger partial charge in [0.25, 0.3) is 0 Å². The summed E-state index contributed by atoms with van der Waals surface area (Å²) in [4.78, 5) is 8.59. The van der Waals surface area contributed by atoms with Crippen molar-refractivity contribution in [2.75, 3.05) is 23.7 Å². The molecule has 0 aliphatic heterocycles. The Hall–Kier alpha value is -1.32. The van der Waals surface area contributed by atoms with Crippen LogP contribution in [-0.2, 0) is 0 Å². The topological polar surface area (TPSA) is 49.8 Å². The van der Waals surface area contributed by atoms with Gasteiger partial charge in [0, 0.05) is 18.7 Å². The molecule has 2 rings (SSSR count). The molecule has 4 heteroatoms. The van der Waals surface area contributed by atoms with Crippen LogP contribution in [0.4, 0.5) is 11.6 Å². The molecule has 0 aromatic carbocycles. The van der Waals surface area contributed by atoms with E-state index in [9.17, 15) is 0 Å². The van der Waals surface area contributed by atoms with Gasteiger partial charge in [-0.2, -0.15) is 0 Å². The SMILES string of the molecule is CCCNc1ncnc(NCC2(C)CC2)c1C. The minimum Gasteiger partial charge on any atom is -0.370 e. The van der Waals surface area contributed by atoms with Crippen LogP contribution < -0.4 is 10.6 Å². The number of nitrogens with one attached hydrogen (secondary N) is 2. The second kappa shape index (κ2) is 4.90. The Morgan fingerprint density at radius 3 is 2.47 bits per heavy atom. The molecule has 17 heavy (non-hydrogen) atoms. The van der Waals surface area contributed by atoms with E-state index in [1.54, 1.807) is 6.33 Å². The van der Waals surface area contributed by atoms with Crippen LogP contribution in [0.2, 0.25) is 0 Å². The Kier molecular flexibility index (Phi) is 3.50. The van der Waals surface area contributed by atoms with Crippen LogP contribution in [0.5, 0.6) is 0 Å². The minimum atomic E-state index is 0.494. The molecule has 1 aromatic rings. The second-order valence-corrected chi connectivity index (χ2v) is 5.29. The highest BCUT2D eigenvalue weighted by Crippen LogP contribution is 2.44. The zero-order chi connectivity index (χ0) is 12.3. The number of rotatable bonds is 6. The Morgan fingerprint density at radius 1 is 1.24 bits per heavy atom. The average molecular weight is 234 g/mol. The minimum absolute atomic E-state index is 0.494. The Balaban J connectivity index is 2.00. The van der Waals surface area contributed by atoms with Gasteiger partial charge in [0.1, 0.15) is 18.0 Å². The summed E-state index contributed by atoms with van der Waals surface area (Å²) in [5.41, 5.74) is 1.61. The van der Waals surface area contributed by atoms with Crippen LogP contribution in [0.1, 0.15) is 38.7 Å².